The predicted octanol–water partition coefficient (Wildman–Crippen LogP) is 1.27. The fraction of sp³-hybridized carbons (Fsp3) is 0.400. The maximum Gasteiger partial charge on any atom is 0.146 e. The number of likely N-dealkylation sites (N-methyl/N-ethyl adjacent to an activating group) is 1. The summed E-state index contributed by atoms with van der Waals surface area (Å²) >= 11 is 5.73. The van der Waals surface area contributed by atoms with Gasteiger partial charge < -0.3 is 15.1 Å². The van der Waals surface area contributed by atoms with E-state index in [0.717, 1.165) is 0 Å². The van der Waals surface area contributed by atoms with Crippen LogP contribution in [0.1, 0.15) is 0 Å². The quantitative estimate of drug-likeness (QED) is 0.823. The Kier molecular flexibility index (Phi) is 4.32. The van der Waals surface area contributed by atoms with Gasteiger partial charge in [0.05, 0.1) is 18.4 Å². The molecule has 5 heteroatoms. The Labute approximate surface area is 92.7 Å². The summed E-state index contributed by atoms with van der Waals surface area (Å²) in [4.78, 5) is 1.50. The van der Waals surface area contributed by atoms with Gasteiger partial charge >= 0.3 is 0 Å². The summed E-state index contributed by atoms with van der Waals surface area (Å²) in [6.45, 7) is -0.208. The Morgan fingerprint density at radius 1 is 1.53 bits per heavy atom. The fourth-order valence-corrected chi connectivity index (χ4v) is 1.42. The molecule has 1 aromatic rings. The van der Waals surface area contributed by atoms with Crippen molar-refractivity contribution < 1.29 is 14.6 Å². The van der Waals surface area contributed by atoms with E-state index in [1.54, 1.807) is 7.05 Å². The molecule has 1 unspecified atom stereocenters. The number of hydrogen-bond acceptors (Lipinski definition) is 3. The van der Waals surface area contributed by atoms with Crippen molar-refractivity contribution in [2.45, 2.75) is 6.10 Å². The number of benzene rings is 1. The van der Waals surface area contributed by atoms with Crippen molar-refractivity contribution in [3.63, 3.8) is 0 Å². The normalized spacial score (nSPS) is 12.6. The highest BCUT2D eigenvalue weighted by Crippen LogP contribution is 2.22. The average molecular weight is 234 g/mol. The number of aliphatic hydroxyl groups excluding tert-OH is 2. The third kappa shape index (κ3) is 3.34. The first kappa shape index (κ1) is 12.2. The smallest absolute Gasteiger partial charge is 0.146 e. The molecule has 3 nitrogen and oxygen atoms in total. The Morgan fingerprint density at radius 3 is 2.80 bits per heavy atom. The van der Waals surface area contributed by atoms with E-state index in [2.05, 4.69) is 0 Å². The minimum Gasteiger partial charge on any atom is -0.394 e. The second-order valence-electron chi connectivity index (χ2n) is 3.31. The van der Waals surface area contributed by atoms with Gasteiger partial charge in [-0.2, -0.15) is 0 Å². The highest BCUT2D eigenvalue weighted by atomic mass is 35.5. The van der Waals surface area contributed by atoms with Gasteiger partial charge in [0.1, 0.15) is 5.82 Å². The van der Waals surface area contributed by atoms with Crippen molar-refractivity contribution >= 4 is 17.3 Å². The molecule has 0 amide bonds. The van der Waals surface area contributed by atoms with Gasteiger partial charge in [-0.3, -0.25) is 0 Å². The van der Waals surface area contributed by atoms with Crippen LogP contribution in [0.15, 0.2) is 18.2 Å². The van der Waals surface area contributed by atoms with Crippen LogP contribution in [-0.4, -0.2) is 36.5 Å². The van der Waals surface area contributed by atoms with Crippen LogP contribution in [-0.2, 0) is 0 Å². The number of aliphatic hydroxyl groups is 2. The van der Waals surface area contributed by atoms with Crippen molar-refractivity contribution in [1.82, 2.24) is 0 Å². The molecule has 0 aromatic heterocycles. The largest absolute Gasteiger partial charge is 0.394 e. The van der Waals surface area contributed by atoms with Gasteiger partial charge in [-0.05, 0) is 18.2 Å². The van der Waals surface area contributed by atoms with E-state index in [-0.39, 0.29) is 13.2 Å². The molecule has 0 bridgehead atoms. The summed E-state index contributed by atoms with van der Waals surface area (Å²) in [5.74, 6) is -0.410. The van der Waals surface area contributed by atoms with E-state index >= 15 is 0 Å². The van der Waals surface area contributed by atoms with Gasteiger partial charge in [0.25, 0.3) is 0 Å². The van der Waals surface area contributed by atoms with Gasteiger partial charge in [0, 0.05) is 18.6 Å². The van der Waals surface area contributed by atoms with E-state index in [9.17, 15) is 9.50 Å². The van der Waals surface area contributed by atoms with Crippen molar-refractivity contribution in [2.24, 2.45) is 0 Å². The van der Waals surface area contributed by atoms with Crippen LogP contribution in [0.4, 0.5) is 10.1 Å². The molecule has 1 rings (SSSR count). The lowest BCUT2D eigenvalue weighted by molar-refractivity contribution is 0.101. The second-order valence-corrected chi connectivity index (χ2v) is 3.75. The Balaban J connectivity index is 2.80. The van der Waals surface area contributed by atoms with Crippen LogP contribution < -0.4 is 4.90 Å². The van der Waals surface area contributed by atoms with Crippen molar-refractivity contribution in [1.29, 1.82) is 0 Å². The molecule has 0 spiro atoms. The van der Waals surface area contributed by atoms with E-state index in [1.807, 2.05) is 0 Å². The lowest BCUT2D eigenvalue weighted by atomic mass is 10.2. The van der Waals surface area contributed by atoms with Crippen molar-refractivity contribution in [3.05, 3.63) is 29.0 Å². The molecular formula is C10H13ClFNO2. The third-order valence-corrected chi connectivity index (χ3v) is 2.25. The van der Waals surface area contributed by atoms with Crippen LogP contribution >= 0.6 is 11.6 Å². The van der Waals surface area contributed by atoms with Gasteiger partial charge in [-0.15, -0.1) is 0 Å². The zero-order chi connectivity index (χ0) is 11.4. The molecule has 15 heavy (non-hydrogen) atoms. The molecule has 0 fully saturated rings. The molecular weight excluding hydrogens is 221 g/mol. The molecule has 0 heterocycles. The highest BCUT2D eigenvalue weighted by Gasteiger charge is 2.11. The third-order valence-electron chi connectivity index (χ3n) is 2.01. The van der Waals surface area contributed by atoms with Crippen LogP contribution in [0, 0.1) is 5.82 Å². The summed E-state index contributed by atoms with van der Waals surface area (Å²) in [6.07, 6.45) is -0.895. The van der Waals surface area contributed by atoms with Gasteiger partial charge in [-0.1, -0.05) is 11.6 Å². The molecule has 0 aliphatic carbocycles. The van der Waals surface area contributed by atoms with Crippen LogP contribution in [0.3, 0.4) is 0 Å². The molecule has 0 saturated carbocycles. The summed E-state index contributed by atoms with van der Waals surface area (Å²) in [5.41, 5.74) is 0.301. The zero-order valence-corrected chi connectivity index (χ0v) is 9.08. The van der Waals surface area contributed by atoms with E-state index in [0.29, 0.717) is 10.7 Å². The minimum atomic E-state index is -0.895. The summed E-state index contributed by atoms with van der Waals surface area (Å²) in [7, 11) is 1.62. The summed E-state index contributed by atoms with van der Waals surface area (Å²) in [6, 6.07) is 4.19. The van der Waals surface area contributed by atoms with Crippen LogP contribution in [0.2, 0.25) is 5.02 Å². The standard InChI is InChI=1S/C10H13ClFNO2/c1-13(5-8(15)6-14)10-4-7(11)2-3-9(10)12/h2-4,8,14-15H,5-6H2,1H3. The topological polar surface area (TPSA) is 43.7 Å². The average Bonchev–Trinajstić information content (AvgIpc) is 2.21. The SMILES string of the molecule is CN(CC(O)CO)c1cc(Cl)ccc1F. The minimum absolute atomic E-state index is 0.147. The monoisotopic (exact) mass is 233 g/mol. The Bertz CT molecular complexity index is 335. The van der Waals surface area contributed by atoms with Crippen molar-refractivity contribution in [3.8, 4) is 0 Å². The molecule has 1 atom stereocenters. The highest BCUT2D eigenvalue weighted by molar-refractivity contribution is 6.30. The Hall–Kier alpha value is -0.840. The van der Waals surface area contributed by atoms with Crippen LogP contribution in [0.25, 0.3) is 0 Å². The van der Waals surface area contributed by atoms with E-state index < -0.39 is 11.9 Å². The van der Waals surface area contributed by atoms with Gasteiger partial charge in [0.2, 0.25) is 0 Å². The predicted molar refractivity (Wildman–Crippen MR) is 57.8 cm³/mol. The molecule has 84 valence electrons. The van der Waals surface area contributed by atoms with Gasteiger partial charge in [-0.25, -0.2) is 4.39 Å². The first-order chi connectivity index (χ1) is 7.04. The number of rotatable bonds is 4. The maximum atomic E-state index is 13.3. The first-order valence-electron chi connectivity index (χ1n) is 4.49. The van der Waals surface area contributed by atoms with E-state index in [4.69, 9.17) is 16.7 Å². The molecule has 1 aromatic carbocycles. The second kappa shape index (κ2) is 5.30. The lowest BCUT2D eigenvalue weighted by Gasteiger charge is -2.22. The lowest BCUT2D eigenvalue weighted by Crippen LogP contribution is -2.31. The molecule has 0 radical (unpaired) electrons. The molecule has 0 aliphatic heterocycles. The van der Waals surface area contributed by atoms with E-state index in [1.165, 1.54) is 23.1 Å². The summed E-state index contributed by atoms with van der Waals surface area (Å²) < 4.78 is 13.3. The molecule has 0 saturated heterocycles. The maximum absolute atomic E-state index is 13.3. The first-order valence-corrected chi connectivity index (χ1v) is 4.87. The number of hydrogen-bond donors (Lipinski definition) is 2. The number of nitrogens with zero attached hydrogens (tertiary/aromatic N) is 1. The fourth-order valence-electron chi connectivity index (χ4n) is 1.25. The van der Waals surface area contributed by atoms with Gasteiger partial charge in [0.15, 0.2) is 0 Å². The molecule has 0 aliphatic rings. The zero-order valence-electron chi connectivity index (χ0n) is 8.32. The number of anilines is 1. The number of halogens is 2. The summed E-state index contributed by atoms with van der Waals surface area (Å²) in [5, 5.41) is 18.3. The molecule has 2 N–H and O–H groups in total. The van der Waals surface area contributed by atoms with Crippen LogP contribution in [0.5, 0.6) is 0 Å². The Morgan fingerprint density at radius 2 is 2.20 bits per heavy atom. The van der Waals surface area contributed by atoms with Crippen molar-refractivity contribution in [2.75, 3.05) is 25.1 Å².